The number of anilines is 1. The molecule has 3 heterocycles. The number of hydrogen-bond donors (Lipinski definition) is 0. The summed E-state index contributed by atoms with van der Waals surface area (Å²) in [5, 5.41) is 0.677. The number of hydrogen-bond acceptors (Lipinski definition) is 6. The van der Waals surface area contributed by atoms with Crippen LogP contribution < -0.4 is 10.5 Å². The highest BCUT2D eigenvalue weighted by molar-refractivity contribution is 5.81. The van der Waals surface area contributed by atoms with Crippen molar-refractivity contribution in [3.05, 3.63) is 58.7 Å². The van der Waals surface area contributed by atoms with E-state index in [1.54, 1.807) is 17.1 Å². The number of aromatic nitrogens is 4. The van der Waals surface area contributed by atoms with E-state index in [2.05, 4.69) is 24.8 Å². The van der Waals surface area contributed by atoms with Gasteiger partial charge < -0.3 is 4.90 Å². The SMILES string of the molecule is Cc1cncc(CN2CCN(c3ccc4c(=O)n(C(C)C)cnc4c3)CC2)n1. The molecule has 0 aliphatic carbocycles. The fourth-order valence-electron chi connectivity index (χ4n) is 3.67. The molecule has 1 fully saturated rings. The summed E-state index contributed by atoms with van der Waals surface area (Å²) in [5.74, 6) is 0. The molecule has 0 radical (unpaired) electrons. The molecule has 4 rings (SSSR count). The highest BCUT2D eigenvalue weighted by atomic mass is 16.1. The summed E-state index contributed by atoms with van der Waals surface area (Å²) in [6, 6.07) is 6.09. The number of aryl methyl sites for hydroxylation is 1. The van der Waals surface area contributed by atoms with Crippen LogP contribution in [0.5, 0.6) is 0 Å². The van der Waals surface area contributed by atoms with Crippen molar-refractivity contribution in [2.75, 3.05) is 31.1 Å². The third-order valence-electron chi connectivity index (χ3n) is 5.25. The lowest BCUT2D eigenvalue weighted by Crippen LogP contribution is -2.46. The molecule has 1 aromatic carbocycles. The zero-order chi connectivity index (χ0) is 19.7. The van der Waals surface area contributed by atoms with E-state index in [0.717, 1.165) is 55.3 Å². The zero-order valence-electron chi connectivity index (χ0n) is 16.7. The second-order valence-corrected chi connectivity index (χ2v) is 7.67. The van der Waals surface area contributed by atoms with Gasteiger partial charge in [-0.25, -0.2) is 4.98 Å². The van der Waals surface area contributed by atoms with Gasteiger partial charge in [-0.15, -0.1) is 0 Å². The molecule has 1 aliphatic rings. The normalized spacial score (nSPS) is 15.5. The monoisotopic (exact) mass is 378 g/mol. The van der Waals surface area contributed by atoms with Gasteiger partial charge in [0.15, 0.2) is 0 Å². The summed E-state index contributed by atoms with van der Waals surface area (Å²) in [4.78, 5) is 30.6. The molecule has 1 saturated heterocycles. The van der Waals surface area contributed by atoms with Gasteiger partial charge in [-0.1, -0.05) is 0 Å². The Morgan fingerprint density at radius 3 is 2.61 bits per heavy atom. The van der Waals surface area contributed by atoms with E-state index < -0.39 is 0 Å². The molecular formula is C21H26N6O. The number of rotatable bonds is 4. The Kier molecular flexibility index (Phi) is 5.09. The molecular weight excluding hydrogens is 352 g/mol. The van der Waals surface area contributed by atoms with Gasteiger partial charge in [0, 0.05) is 56.8 Å². The van der Waals surface area contributed by atoms with Gasteiger partial charge in [0.25, 0.3) is 5.56 Å². The Morgan fingerprint density at radius 1 is 1.11 bits per heavy atom. The van der Waals surface area contributed by atoms with Crippen molar-refractivity contribution in [2.45, 2.75) is 33.4 Å². The summed E-state index contributed by atoms with van der Waals surface area (Å²) in [6.07, 6.45) is 5.28. The fraction of sp³-hybridized carbons (Fsp3) is 0.429. The minimum atomic E-state index is 0.0237. The first-order chi connectivity index (χ1) is 13.5. The van der Waals surface area contributed by atoms with Crippen LogP contribution in [0.15, 0.2) is 41.7 Å². The molecule has 7 nitrogen and oxygen atoms in total. The first-order valence-electron chi connectivity index (χ1n) is 9.77. The minimum Gasteiger partial charge on any atom is -0.369 e. The topological polar surface area (TPSA) is 67.2 Å². The third-order valence-corrected chi connectivity index (χ3v) is 5.25. The summed E-state index contributed by atoms with van der Waals surface area (Å²) in [6.45, 7) is 10.6. The van der Waals surface area contributed by atoms with Crippen LogP contribution in [0, 0.1) is 6.92 Å². The Morgan fingerprint density at radius 2 is 1.89 bits per heavy atom. The van der Waals surface area contributed by atoms with Crippen LogP contribution >= 0.6 is 0 Å². The Hall–Kier alpha value is -2.80. The maximum Gasteiger partial charge on any atom is 0.261 e. The summed E-state index contributed by atoms with van der Waals surface area (Å²) in [7, 11) is 0. The van der Waals surface area contributed by atoms with E-state index in [0.29, 0.717) is 5.39 Å². The minimum absolute atomic E-state index is 0.0237. The van der Waals surface area contributed by atoms with Crippen LogP contribution in [-0.4, -0.2) is 50.6 Å². The molecule has 1 aliphatic heterocycles. The lowest BCUT2D eigenvalue weighted by Gasteiger charge is -2.36. The first-order valence-corrected chi connectivity index (χ1v) is 9.77. The standard InChI is InChI=1S/C21H26N6O/c1-15(2)27-14-23-20-10-18(4-5-19(20)21(27)28)26-8-6-25(7-9-26)13-17-12-22-11-16(3)24-17/h4-5,10-12,14-15H,6-9,13H2,1-3H3. The first kappa shape index (κ1) is 18.6. The molecule has 0 atom stereocenters. The van der Waals surface area contributed by atoms with Gasteiger partial charge in [-0.3, -0.25) is 24.2 Å². The van der Waals surface area contributed by atoms with Crippen molar-refractivity contribution < 1.29 is 0 Å². The molecule has 2 aromatic heterocycles. The number of piperazine rings is 1. The van der Waals surface area contributed by atoms with Crippen molar-refractivity contribution >= 4 is 16.6 Å². The summed E-state index contributed by atoms with van der Waals surface area (Å²) in [5.41, 5.74) is 3.88. The number of fused-ring (bicyclic) bond motifs is 1. The molecule has 7 heteroatoms. The lowest BCUT2D eigenvalue weighted by atomic mass is 10.2. The van der Waals surface area contributed by atoms with Crippen molar-refractivity contribution in [1.29, 1.82) is 0 Å². The molecule has 3 aromatic rings. The quantitative estimate of drug-likeness (QED) is 0.695. The Labute approximate surface area is 164 Å². The number of benzene rings is 1. The van der Waals surface area contributed by atoms with E-state index in [1.807, 2.05) is 45.2 Å². The molecule has 28 heavy (non-hydrogen) atoms. The van der Waals surface area contributed by atoms with E-state index in [4.69, 9.17) is 0 Å². The van der Waals surface area contributed by atoms with Crippen LogP contribution in [0.25, 0.3) is 10.9 Å². The maximum atomic E-state index is 12.6. The zero-order valence-corrected chi connectivity index (χ0v) is 16.7. The van der Waals surface area contributed by atoms with Crippen LogP contribution in [0.2, 0.25) is 0 Å². The molecule has 146 valence electrons. The van der Waals surface area contributed by atoms with Crippen LogP contribution in [0.3, 0.4) is 0 Å². The van der Waals surface area contributed by atoms with Gasteiger partial charge in [0.1, 0.15) is 0 Å². The third kappa shape index (κ3) is 3.75. The van der Waals surface area contributed by atoms with Gasteiger partial charge in [0.2, 0.25) is 0 Å². The molecule has 0 bridgehead atoms. The van der Waals surface area contributed by atoms with Gasteiger partial charge in [-0.2, -0.15) is 0 Å². The average Bonchev–Trinajstić information content (AvgIpc) is 2.68. The summed E-state index contributed by atoms with van der Waals surface area (Å²) < 4.78 is 1.68. The van der Waals surface area contributed by atoms with E-state index in [9.17, 15) is 4.79 Å². The van der Waals surface area contributed by atoms with Crippen molar-refractivity contribution in [3.63, 3.8) is 0 Å². The smallest absolute Gasteiger partial charge is 0.261 e. The summed E-state index contributed by atoms with van der Waals surface area (Å²) >= 11 is 0. The van der Waals surface area contributed by atoms with Crippen LogP contribution in [-0.2, 0) is 6.54 Å². The van der Waals surface area contributed by atoms with E-state index >= 15 is 0 Å². The molecule has 0 saturated carbocycles. The van der Waals surface area contributed by atoms with Crippen molar-refractivity contribution in [1.82, 2.24) is 24.4 Å². The van der Waals surface area contributed by atoms with Crippen LogP contribution in [0.4, 0.5) is 5.69 Å². The van der Waals surface area contributed by atoms with Gasteiger partial charge in [-0.05, 0) is 39.0 Å². The predicted molar refractivity (Wildman–Crippen MR) is 111 cm³/mol. The van der Waals surface area contributed by atoms with Gasteiger partial charge in [0.05, 0.1) is 28.6 Å². The highest BCUT2D eigenvalue weighted by Crippen LogP contribution is 2.21. The van der Waals surface area contributed by atoms with Crippen LogP contribution in [0.1, 0.15) is 31.3 Å². The highest BCUT2D eigenvalue weighted by Gasteiger charge is 2.19. The second kappa shape index (κ2) is 7.67. The van der Waals surface area contributed by atoms with Crippen molar-refractivity contribution in [3.8, 4) is 0 Å². The number of nitrogens with zero attached hydrogens (tertiary/aromatic N) is 6. The lowest BCUT2D eigenvalue weighted by molar-refractivity contribution is 0.246. The molecule has 0 spiro atoms. The second-order valence-electron chi connectivity index (χ2n) is 7.67. The Balaban J connectivity index is 1.46. The molecule has 0 unspecified atom stereocenters. The molecule has 0 N–H and O–H groups in total. The average molecular weight is 378 g/mol. The fourth-order valence-corrected chi connectivity index (χ4v) is 3.67. The molecule has 0 amide bonds. The van der Waals surface area contributed by atoms with E-state index in [1.165, 1.54) is 0 Å². The Bertz CT molecular complexity index is 1040. The van der Waals surface area contributed by atoms with E-state index in [-0.39, 0.29) is 11.6 Å². The predicted octanol–water partition coefficient (Wildman–Crippen LogP) is 2.40. The van der Waals surface area contributed by atoms with Gasteiger partial charge >= 0.3 is 0 Å². The van der Waals surface area contributed by atoms with Crippen molar-refractivity contribution in [2.24, 2.45) is 0 Å². The largest absolute Gasteiger partial charge is 0.369 e. The maximum absolute atomic E-state index is 12.6.